The number of rotatable bonds is 8. The van der Waals surface area contributed by atoms with Crippen molar-refractivity contribution in [3.63, 3.8) is 0 Å². The highest BCUT2D eigenvalue weighted by Gasteiger charge is 2.11. The van der Waals surface area contributed by atoms with Crippen LogP contribution in [0.2, 0.25) is 5.02 Å². The standard InChI is InChI=1S/C20H19ClO6/c1-24-17-8-6-14(11-15(17)21)16(22)12-27-20(23)9-5-13-4-7-18(25-2)19(10-13)26-3/h4-11H,12H2,1-3H3/b9-5+. The fourth-order valence-corrected chi connectivity index (χ4v) is 2.49. The zero-order chi connectivity index (χ0) is 19.8. The maximum absolute atomic E-state index is 12.1. The van der Waals surface area contributed by atoms with Crippen molar-refractivity contribution < 1.29 is 28.5 Å². The van der Waals surface area contributed by atoms with Crippen molar-refractivity contribution in [1.29, 1.82) is 0 Å². The molecular weight excluding hydrogens is 372 g/mol. The Bertz CT molecular complexity index is 860. The van der Waals surface area contributed by atoms with Crippen LogP contribution >= 0.6 is 11.6 Å². The van der Waals surface area contributed by atoms with E-state index in [4.69, 9.17) is 30.5 Å². The molecule has 0 aliphatic carbocycles. The number of hydrogen-bond donors (Lipinski definition) is 0. The normalized spacial score (nSPS) is 10.5. The number of ketones is 1. The number of halogens is 1. The van der Waals surface area contributed by atoms with Gasteiger partial charge in [0.15, 0.2) is 23.9 Å². The van der Waals surface area contributed by atoms with Gasteiger partial charge in [0.1, 0.15) is 5.75 Å². The van der Waals surface area contributed by atoms with Crippen LogP contribution in [-0.2, 0) is 9.53 Å². The SMILES string of the molecule is COc1ccc(C(=O)COC(=O)/C=C/c2ccc(OC)c(OC)c2)cc1Cl. The second-order valence-corrected chi connectivity index (χ2v) is 5.74. The van der Waals surface area contributed by atoms with Crippen molar-refractivity contribution >= 4 is 29.4 Å². The first-order valence-corrected chi connectivity index (χ1v) is 8.30. The summed E-state index contributed by atoms with van der Waals surface area (Å²) in [6.07, 6.45) is 2.79. The average Bonchev–Trinajstić information content (AvgIpc) is 2.69. The highest BCUT2D eigenvalue weighted by atomic mass is 35.5. The fourth-order valence-electron chi connectivity index (χ4n) is 2.23. The van der Waals surface area contributed by atoms with Crippen molar-refractivity contribution in [3.8, 4) is 17.2 Å². The third-order valence-corrected chi connectivity index (χ3v) is 3.93. The van der Waals surface area contributed by atoms with Gasteiger partial charge in [-0.3, -0.25) is 4.79 Å². The lowest BCUT2D eigenvalue weighted by molar-refractivity contribution is -0.136. The molecule has 7 heteroatoms. The van der Waals surface area contributed by atoms with Crippen LogP contribution in [-0.4, -0.2) is 39.7 Å². The predicted molar refractivity (Wildman–Crippen MR) is 102 cm³/mol. The molecule has 27 heavy (non-hydrogen) atoms. The summed E-state index contributed by atoms with van der Waals surface area (Å²) in [6.45, 7) is -0.391. The number of methoxy groups -OCH3 is 3. The van der Waals surface area contributed by atoms with Gasteiger partial charge in [0.2, 0.25) is 0 Å². The third kappa shape index (κ3) is 5.49. The smallest absolute Gasteiger partial charge is 0.331 e. The van der Waals surface area contributed by atoms with E-state index in [2.05, 4.69) is 0 Å². The Morgan fingerprint density at radius 1 is 0.926 bits per heavy atom. The summed E-state index contributed by atoms with van der Waals surface area (Å²) < 4.78 is 20.4. The van der Waals surface area contributed by atoms with Crippen LogP contribution in [0.5, 0.6) is 17.2 Å². The molecule has 6 nitrogen and oxygen atoms in total. The monoisotopic (exact) mass is 390 g/mol. The highest BCUT2D eigenvalue weighted by Crippen LogP contribution is 2.28. The Balaban J connectivity index is 1.94. The van der Waals surface area contributed by atoms with Crippen molar-refractivity contribution in [1.82, 2.24) is 0 Å². The molecule has 142 valence electrons. The van der Waals surface area contributed by atoms with E-state index in [9.17, 15) is 9.59 Å². The van der Waals surface area contributed by atoms with Crippen LogP contribution in [0.1, 0.15) is 15.9 Å². The summed E-state index contributed by atoms with van der Waals surface area (Å²) >= 11 is 5.98. The van der Waals surface area contributed by atoms with Crippen LogP contribution in [0.4, 0.5) is 0 Å². The van der Waals surface area contributed by atoms with Gasteiger partial charge >= 0.3 is 5.97 Å². The summed E-state index contributed by atoms with van der Waals surface area (Å²) in [4.78, 5) is 23.9. The van der Waals surface area contributed by atoms with E-state index in [0.717, 1.165) is 5.56 Å². The van der Waals surface area contributed by atoms with Crippen LogP contribution in [0, 0.1) is 0 Å². The zero-order valence-electron chi connectivity index (χ0n) is 15.2. The summed E-state index contributed by atoms with van der Waals surface area (Å²) in [6, 6.07) is 9.80. The van der Waals surface area contributed by atoms with Gasteiger partial charge in [-0.15, -0.1) is 0 Å². The van der Waals surface area contributed by atoms with E-state index in [1.54, 1.807) is 36.4 Å². The van der Waals surface area contributed by atoms with Gasteiger partial charge in [0.25, 0.3) is 0 Å². The Kier molecular flexibility index (Phi) is 7.25. The Morgan fingerprint density at radius 3 is 2.22 bits per heavy atom. The fraction of sp³-hybridized carbons (Fsp3) is 0.200. The zero-order valence-corrected chi connectivity index (χ0v) is 15.9. The lowest BCUT2D eigenvalue weighted by Crippen LogP contribution is -2.12. The number of esters is 1. The number of ether oxygens (including phenoxy) is 4. The molecule has 0 aromatic heterocycles. The molecule has 2 aromatic rings. The molecule has 0 aliphatic rings. The molecule has 0 radical (unpaired) electrons. The molecule has 2 aromatic carbocycles. The van der Waals surface area contributed by atoms with Gasteiger partial charge < -0.3 is 18.9 Å². The van der Waals surface area contributed by atoms with Crippen molar-refractivity contribution in [3.05, 3.63) is 58.6 Å². The van der Waals surface area contributed by atoms with Crippen LogP contribution in [0.15, 0.2) is 42.5 Å². The summed E-state index contributed by atoms with van der Waals surface area (Å²) in [7, 11) is 4.55. The summed E-state index contributed by atoms with van der Waals surface area (Å²) in [5.74, 6) is 0.578. The van der Waals surface area contributed by atoms with Gasteiger partial charge in [-0.05, 0) is 42.0 Å². The number of carbonyl (C=O) groups is 2. The second kappa shape index (κ2) is 9.64. The molecule has 0 unspecified atom stereocenters. The second-order valence-electron chi connectivity index (χ2n) is 5.33. The molecule has 0 saturated carbocycles. The molecule has 0 atom stereocenters. The largest absolute Gasteiger partial charge is 0.495 e. The average molecular weight is 391 g/mol. The Morgan fingerprint density at radius 2 is 1.59 bits per heavy atom. The maximum atomic E-state index is 12.1. The van der Waals surface area contributed by atoms with Gasteiger partial charge in [-0.2, -0.15) is 0 Å². The molecule has 0 saturated heterocycles. The Labute approximate surface area is 162 Å². The molecule has 0 aliphatic heterocycles. The number of carbonyl (C=O) groups excluding carboxylic acids is 2. The molecule has 0 fully saturated rings. The van der Waals surface area contributed by atoms with E-state index in [0.29, 0.717) is 27.8 Å². The quantitative estimate of drug-likeness (QED) is 0.388. The van der Waals surface area contributed by atoms with Crippen LogP contribution < -0.4 is 14.2 Å². The predicted octanol–water partition coefficient (Wildman–Crippen LogP) is 3.81. The van der Waals surface area contributed by atoms with Gasteiger partial charge in [-0.25, -0.2) is 4.79 Å². The van der Waals surface area contributed by atoms with Gasteiger partial charge in [0.05, 0.1) is 26.4 Å². The first-order chi connectivity index (χ1) is 13.0. The van der Waals surface area contributed by atoms with E-state index in [1.807, 2.05) is 0 Å². The van der Waals surface area contributed by atoms with Crippen molar-refractivity contribution in [2.24, 2.45) is 0 Å². The molecule has 0 amide bonds. The summed E-state index contributed by atoms with van der Waals surface area (Å²) in [5, 5.41) is 0.308. The van der Waals surface area contributed by atoms with Crippen LogP contribution in [0.3, 0.4) is 0 Å². The van der Waals surface area contributed by atoms with Crippen molar-refractivity contribution in [2.45, 2.75) is 0 Å². The molecule has 0 bridgehead atoms. The molecular formula is C20H19ClO6. The molecule has 0 heterocycles. The third-order valence-electron chi connectivity index (χ3n) is 3.64. The lowest BCUT2D eigenvalue weighted by Gasteiger charge is -2.07. The van der Waals surface area contributed by atoms with E-state index in [1.165, 1.54) is 33.5 Å². The maximum Gasteiger partial charge on any atom is 0.331 e. The van der Waals surface area contributed by atoms with E-state index < -0.39 is 12.6 Å². The van der Waals surface area contributed by atoms with Gasteiger partial charge in [-0.1, -0.05) is 17.7 Å². The van der Waals surface area contributed by atoms with Gasteiger partial charge in [0, 0.05) is 11.6 Å². The molecule has 0 N–H and O–H groups in total. The minimum atomic E-state index is -0.641. The topological polar surface area (TPSA) is 71.1 Å². The number of benzene rings is 2. The number of Topliss-reactive ketones (excluding diaryl/α,β-unsaturated/α-hetero) is 1. The van der Waals surface area contributed by atoms with Crippen LogP contribution in [0.25, 0.3) is 6.08 Å². The lowest BCUT2D eigenvalue weighted by atomic mass is 10.1. The van der Waals surface area contributed by atoms with E-state index in [-0.39, 0.29) is 5.78 Å². The molecule has 2 rings (SSSR count). The Hall–Kier alpha value is -2.99. The minimum Gasteiger partial charge on any atom is -0.495 e. The highest BCUT2D eigenvalue weighted by molar-refractivity contribution is 6.32. The van der Waals surface area contributed by atoms with E-state index >= 15 is 0 Å². The number of hydrogen-bond acceptors (Lipinski definition) is 6. The summed E-state index contributed by atoms with van der Waals surface area (Å²) in [5.41, 5.74) is 1.05. The minimum absolute atomic E-state index is 0.308. The molecule has 0 spiro atoms. The first-order valence-electron chi connectivity index (χ1n) is 7.92. The van der Waals surface area contributed by atoms with Crippen molar-refractivity contribution in [2.75, 3.05) is 27.9 Å². The first kappa shape index (κ1) is 20.3.